The average molecular weight is 449 g/mol. The molecule has 0 fully saturated rings. The molecule has 1 aromatic heterocycles. The summed E-state index contributed by atoms with van der Waals surface area (Å²) in [6.07, 6.45) is 6.06. The molecule has 1 heterocycles. The maximum Gasteiger partial charge on any atom is 0.261 e. The normalized spacial score (nSPS) is 11.1. The van der Waals surface area contributed by atoms with Crippen LogP contribution in [0.3, 0.4) is 0 Å². The van der Waals surface area contributed by atoms with E-state index in [1.165, 1.54) is 24.3 Å². The molecule has 2 aromatic carbocycles. The van der Waals surface area contributed by atoms with Crippen LogP contribution in [0.5, 0.6) is 5.75 Å². The Morgan fingerprint density at radius 2 is 1.83 bits per heavy atom. The summed E-state index contributed by atoms with van der Waals surface area (Å²) in [6, 6.07) is 12.2. The van der Waals surface area contributed by atoms with E-state index in [1.807, 2.05) is 10.8 Å². The smallest absolute Gasteiger partial charge is 0.261 e. The van der Waals surface area contributed by atoms with Gasteiger partial charge < -0.3 is 14.6 Å². The molecule has 0 aliphatic rings. The van der Waals surface area contributed by atoms with Gasteiger partial charge in [0.2, 0.25) is 0 Å². The van der Waals surface area contributed by atoms with E-state index in [0.717, 1.165) is 13.0 Å². The Kier molecular flexibility index (Phi) is 7.31. The third-order valence-electron chi connectivity index (χ3n) is 4.07. The van der Waals surface area contributed by atoms with E-state index >= 15 is 0 Å². The van der Waals surface area contributed by atoms with Crippen molar-refractivity contribution in [2.24, 2.45) is 0 Å². The van der Waals surface area contributed by atoms with Gasteiger partial charge in [-0.1, -0.05) is 11.6 Å². The van der Waals surface area contributed by atoms with Crippen molar-refractivity contribution in [2.45, 2.75) is 17.9 Å². The van der Waals surface area contributed by atoms with Gasteiger partial charge in [0.25, 0.3) is 15.9 Å². The predicted octanol–water partition coefficient (Wildman–Crippen LogP) is 2.92. The molecule has 10 heteroatoms. The molecule has 30 heavy (non-hydrogen) atoms. The Hall–Kier alpha value is -3.04. The van der Waals surface area contributed by atoms with Crippen molar-refractivity contribution in [1.82, 2.24) is 14.9 Å². The lowest BCUT2D eigenvalue weighted by Gasteiger charge is -2.10. The van der Waals surface area contributed by atoms with E-state index in [9.17, 15) is 13.2 Å². The average Bonchev–Trinajstić information content (AvgIpc) is 3.25. The number of carbonyl (C=O) groups excluding carboxylic acids is 1. The van der Waals surface area contributed by atoms with Gasteiger partial charge in [-0.25, -0.2) is 13.4 Å². The van der Waals surface area contributed by atoms with Crippen LogP contribution in [-0.4, -0.2) is 37.0 Å². The molecular formula is C20H21ClN4O4S. The van der Waals surface area contributed by atoms with Gasteiger partial charge >= 0.3 is 0 Å². The van der Waals surface area contributed by atoms with Crippen molar-refractivity contribution in [2.75, 3.05) is 17.9 Å². The number of carbonyl (C=O) groups is 1. The number of imidazole rings is 1. The first-order valence-corrected chi connectivity index (χ1v) is 11.0. The van der Waals surface area contributed by atoms with E-state index in [1.54, 1.807) is 36.8 Å². The molecule has 8 nitrogen and oxygen atoms in total. The summed E-state index contributed by atoms with van der Waals surface area (Å²) in [5.41, 5.74) is 0.407. The Morgan fingerprint density at radius 3 is 2.50 bits per heavy atom. The number of nitrogens with one attached hydrogen (secondary N) is 2. The molecule has 0 unspecified atom stereocenters. The van der Waals surface area contributed by atoms with Gasteiger partial charge in [0.05, 0.1) is 11.2 Å². The molecule has 0 aliphatic carbocycles. The molecule has 0 bridgehead atoms. The van der Waals surface area contributed by atoms with Crippen molar-refractivity contribution in [3.8, 4) is 5.75 Å². The second kappa shape index (κ2) is 10.1. The topological polar surface area (TPSA) is 102 Å². The minimum atomic E-state index is -3.74. The zero-order valence-electron chi connectivity index (χ0n) is 16.0. The number of benzene rings is 2. The van der Waals surface area contributed by atoms with E-state index in [0.29, 0.717) is 23.0 Å². The van der Waals surface area contributed by atoms with Gasteiger partial charge in [-0.3, -0.25) is 9.52 Å². The first kappa shape index (κ1) is 21.7. The summed E-state index contributed by atoms with van der Waals surface area (Å²) in [5.74, 6) is 0.149. The number of sulfonamides is 1. The minimum absolute atomic E-state index is 0.0775. The maximum absolute atomic E-state index is 12.4. The molecule has 0 spiro atoms. The van der Waals surface area contributed by atoms with E-state index in [-0.39, 0.29) is 17.4 Å². The molecule has 3 rings (SSSR count). The molecule has 158 valence electrons. The van der Waals surface area contributed by atoms with Gasteiger partial charge in [-0.15, -0.1) is 0 Å². The van der Waals surface area contributed by atoms with Crippen LogP contribution < -0.4 is 14.8 Å². The molecule has 0 radical (unpaired) electrons. The molecule has 3 aromatic rings. The number of hydrogen-bond acceptors (Lipinski definition) is 5. The van der Waals surface area contributed by atoms with Crippen LogP contribution in [0.25, 0.3) is 0 Å². The molecule has 1 amide bonds. The number of ether oxygens (including phenoxy) is 1. The monoisotopic (exact) mass is 448 g/mol. The summed E-state index contributed by atoms with van der Waals surface area (Å²) < 4.78 is 34.7. The SMILES string of the molecule is O=C(COc1ccc(S(=O)(=O)Nc2ccc(Cl)cc2)cc1)NCCCn1ccnc1. The Morgan fingerprint density at radius 1 is 1.10 bits per heavy atom. The highest BCUT2D eigenvalue weighted by Crippen LogP contribution is 2.20. The summed E-state index contributed by atoms with van der Waals surface area (Å²) in [5, 5.41) is 3.28. The van der Waals surface area contributed by atoms with E-state index in [4.69, 9.17) is 16.3 Å². The number of anilines is 1. The number of aryl methyl sites for hydroxylation is 1. The Labute approximate surface area is 179 Å². The fourth-order valence-electron chi connectivity index (χ4n) is 2.56. The van der Waals surface area contributed by atoms with Gasteiger partial charge in [-0.2, -0.15) is 0 Å². The highest BCUT2D eigenvalue weighted by atomic mass is 35.5. The number of rotatable bonds is 10. The largest absolute Gasteiger partial charge is 0.484 e. The quantitative estimate of drug-likeness (QED) is 0.464. The minimum Gasteiger partial charge on any atom is -0.484 e. The number of nitrogens with zero attached hydrogens (tertiary/aromatic N) is 2. The Balaban J connectivity index is 1.44. The zero-order chi connectivity index (χ0) is 21.4. The summed E-state index contributed by atoms with van der Waals surface area (Å²) in [7, 11) is -3.74. The second-order valence-corrected chi connectivity index (χ2v) is 8.50. The summed E-state index contributed by atoms with van der Waals surface area (Å²) >= 11 is 5.80. The van der Waals surface area contributed by atoms with Crippen LogP contribution >= 0.6 is 11.6 Å². The van der Waals surface area contributed by atoms with Crippen LogP contribution in [0.2, 0.25) is 5.02 Å². The van der Waals surface area contributed by atoms with Gasteiger partial charge in [0.15, 0.2) is 6.61 Å². The lowest BCUT2D eigenvalue weighted by molar-refractivity contribution is -0.123. The highest BCUT2D eigenvalue weighted by Gasteiger charge is 2.14. The van der Waals surface area contributed by atoms with Gasteiger partial charge in [-0.05, 0) is 55.0 Å². The third kappa shape index (κ3) is 6.50. The number of aromatic nitrogens is 2. The molecule has 0 aliphatic heterocycles. The number of amides is 1. The van der Waals surface area contributed by atoms with Crippen LogP contribution in [0.1, 0.15) is 6.42 Å². The molecule has 0 saturated heterocycles. The fraction of sp³-hybridized carbons (Fsp3) is 0.200. The predicted molar refractivity (Wildman–Crippen MR) is 114 cm³/mol. The van der Waals surface area contributed by atoms with Crippen molar-refractivity contribution in [1.29, 1.82) is 0 Å². The van der Waals surface area contributed by atoms with Crippen molar-refractivity contribution in [3.63, 3.8) is 0 Å². The fourth-order valence-corrected chi connectivity index (χ4v) is 3.74. The first-order valence-electron chi connectivity index (χ1n) is 9.16. The summed E-state index contributed by atoms with van der Waals surface area (Å²) in [6.45, 7) is 1.13. The lowest BCUT2D eigenvalue weighted by Crippen LogP contribution is -2.30. The van der Waals surface area contributed by atoms with E-state index < -0.39 is 10.0 Å². The standard InChI is InChI=1S/C20H21ClN4O4S/c21-16-2-4-17(5-3-16)24-30(27,28)19-8-6-18(7-9-19)29-14-20(26)23-10-1-12-25-13-11-22-15-25/h2-9,11,13,15,24H,1,10,12,14H2,(H,23,26). The number of hydrogen-bond donors (Lipinski definition) is 2. The van der Waals surface area contributed by atoms with Crippen LogP contribution in [-0.2, 0) is 21.4 Å². The zero-order valence-corrected chi connectivity index (χ0v) is 17.6. The van der Waals surface area contributed by atoms with Crippen molar-refractivity contribution in [3.05, 3.63) is 72.3 Å². The van der Waals surface area contributed by atoms with Crippen molar-refractivity contribution >= 4 is 33.2 Å². The van der Waals surface area contributed by atoms with Crippen molar-refractivity contribution < 1.29 is 17.9 Å². The van der Waals surface area contributed by atoms with Crippen LogP contribution in [0.15, 0.2) is 72.1 Å². The molecule has 2 N–H and O–H groups in total. The highest BCUT2D eigenvalue weighted by molar-refractivity contribution is 7.92. The lowest BCUT2D eigenvalue weighted by atomic mass is 10.3. The van der Waals surface area contributed by atoms with E-state index in [2.05, 4.69) is 15.0 Å². The first-order chi connectivity index (χ1) is 14.4. The van der Waals surface area contributed by atoms with Gasteiger partial charge in [0, 0.05) is 36.2 Å². The van der Waals surface area contributed by atoms with Crippen LogP contribution in [0.4, 0.5) is 5.69 Å². The number of halogens is 1. The molecular weight excluding hydrogens is 428 g/mol. The van der Waals surface area contributed by atoms with Crippen LogP contribution in [0, 0.1) is 0 Å². The maximum atomic E-state index is 12.4. The Bertz CT molecular complexity index is 1050. The molecule has 0 saturated carbocycles. The third-order valence-corrected chi connectivity index (χ3v) is 5.72. The summed E-state index contributed by atoms with van der Waals surface area (Å²) in [4.78, 5) is 15.9. The second-order valence-electron chi connectivity index (χ2n) is 6.38. The van der Waals surface area contributed by atoms with Gasteiger partial charge in [0.1, 0.15) is 5.75 Å². The molecule has 0 atom stereocenters.